The van der Waals surface area contributed by atoms with Gasteiger partial charge in [-0.15, -0.1) is 0 Å². The number of aromatic nitrogens is 2. The first kappa shape index (κ1) is 17.2. The standard InChI is InChI=1S/C20H23N3O2/c1-3-25-14-6-13-23-18-8-5-4-7-17(18)21-20(23)22-19(24)16-11-9-15(2)10-12-16/h4-5,7-12H,3,6,13-14H2,1-2H3,(H,21,22,24). The minimum Gasteiger partial charge on any atom is -0.382 e. The van der Waals surface area contributed by atoms with Crippen molar-refractivity contribution in [1.29, 1.82) is 0 Å². The van der Waals surface area contributed by atoms with Crippen molar-refractivity contribution >= 4 is 22.9 Å². The summed E-state index contributed by atoms with van der Waals surface area (Å²) in [5.74, 6) is 0.421. The fraction of sp³-hybridized carbons (Fsp3) is 0.300. The number of rotatable bonds is 7. The van der Waals surface area contributed by atoms with E-state index in [0.29, 0.717) is 24.7 Å². The number of ether oxygens (including phenoxy) is 1. The Morgan fingerprint density at radius 1 is 1.16 bits per heavy atom. The molecule has 0 aliphatic carbocycles. The molecule has 0 unspecified atom stereocenters. The number of carbonyl (C=O) groups is 1. The van der Waals surface area contributed by atoms with Gasteiger partial charge in [-0.2, -0.15) is 0 Å². The summed E-state index contributed by atoms with van der Waals surface area (Å²) < 4.78 is 7.47. The third kappa shape index (κ3) is 4.06. The minimum absolute atomic E-state index is 0.152. The van der Waals surface area contributed by atoms with Gasteiger partial charge in [-0.1, -0.05) is 29.8 Å². The van der Waals surface area contributed by atoms with E-state index >= 15 is 0 Å². The van der Waals surface area contributed by atoms with Crippen LogP contribution in [0.5, 0.6) is 0 Å². The zero-order valence-electron chi connectivity index (χ0n) is 14.7. The Balaban J connectivity index is 1.84. The maximum absolute atomic E-state index is 12.5. The van der Waals surface area contributed by atoms with Crippen LogP contribution in [0, 0.1) is 6.92 Å². The van der Waals surface area contributed by atoms with Crippen LogP contribution in [0.1, 0.15) is 29.3 Å². The molecule has 1 heterocycles. The Morgan fingerprint density at radius 2 is 1.92 bits per heavy atom. The number of nitrogens with zero attached hydrogens (tertiary/aromatic N) is 2. The van der Waals surface area contributed by atoms with E-state index in [9.17, 15) is 4.79 Å². The van der Waals surface area contributed by atoms with Crippen molar-refractivity contribution < 1.29 is 9.53 Å². The Kier molecular flexibility index (Phi) is 5.46. The fourth-order valence-corrected chi connectivity index (χ4v) is 2.74. The Morgan fingerprint density at radius 3 is 2.68 bits per heavy atom. The van der Waals surface area contributed by atoms with Crippen molar-refractivity contribution in [3.05, 3.63) is 59.7 Å². The zero-order valence-corrected chi connectivity index (χ0v) is 14.7. The van der Waals surface area contributed by atoms with Gasteiger partial charge in [0.2, 0.25) is 5.95 Å². The van der Waals surface area contributed by atoms with Crippen molar-refractivity contribution in [2.24, 2.45) is 0 Å². The number of para-hydroxylation sites is 2. The molecule has 0 saturated carbocycles. The molecule has 0 aliphatic heterocycles. The van der Waals surface area contributed by atoms with Gasteiger partial charge in [-0.3, -0.25) is 10.1 Å². The smallest absolute Gasteiger partial charge is 0.257 e. The van der Waals surface area contributed by atoms with Gasteiger partial charge in [0.05, 0.1) is 11.0 Å². The molecule has 5 nitrogen and oxygen atoms in total. The summed E-state index contributed by atoms with van der Waals surface area (Å²) >= 11 is 0. The number of hydrogen-bond acceptors (Lipinski definition) is 3. The van der Waals surface area contributed by atoms with Crippen molar-refractivity contribution in [3.63, 3.8) is 0 Å². The van der Waals surface area contributed by atoms with Gasteiger partial charge in [0, 0.05) is 25.3 Å². The van der Waals surface area contributed by atoms with Gasteiger partial charge in [0.15, 0.2) is 0 Å². The molecular formula is C20H23N3O2. The van der Waals surface area contributed by atoms with E-state index < -0.39 is 0 Å². The molecule has 0 aliphatic rings. The van der Waals surface area contributed by atoms with E-state index in [2.05, 4.69) is 10.3 Å². The average molecular weight is 337 g/mol. The number of amides is 1. The van der Waals surface area contributed by atoms with Crippen LogP contribution in [0.25, 0.3) is 11.0 Å². The summed E-state index contributed by atoms with van der Waals surface area (Å²) in [5, 5.41) is 2.95. The lowest BCUT2D eigenvalue weighted by atomic mass is 10.1. The van der Waals surface area contributed by atoms with Crippen LogP contribution in [-0.2, 0) is 11.3 Å². The average Bonchev–Trinajstić information content (AvgIpc) is 2.96. The minimum atomic E-state index is -0.152. The van der Waals surface area contributed by atoms with Gasteiger partial charge < -0.3 is 9.30 Å². The zero-order chi connectivity index (χ0) is 17.6. The molecule has 130 valence electrons. The SMILES string of the molecule is CCOCCCn1c(NC(=O)c2ccc(C)cc2)nc2ccccc21. The number of benzene rings is 2. The summed E-state index contributed by atoms with van der Waals surface area (Å²) in [6.07, 6.45) is 0.863. The number of fused-ring (bicyclic) bond motifs is 1. The van der Waals surface area contributed by atoms with Crippen molar-refractivity contribution in [2.75, 3.05) is 18.5 Å². The molecule has 1 amide bonds. The molecule has 2 aromatic carbocycles. The van der Waals surface area contributed by atoms with Crippen LogP contribution in [0.4, 0.5) is 5.95 Å². The summed E-state index contributed by atoms with van der Waals surface area (Å²) in [6, 6.07) is 15.4. The third-order valence-electron chi connectivity index (χ3n) is 4.07. The van der Waals surface area contributed by atoms with Crippen LogP contribution < -0.4 is 5.32 Å². The monoisotopic (exact) mass is 337 g/mol. The van der Waals surface area contributed by atoms with Crippen LogP contribution in [0.15, 0.2) is 48.5 Å². The second-order valence-corrected chi connectivity index (χ2v) is 5.95. The van der Waals surface area contributed by atoms with E-state index in [4.69, 9.17) is 4.74 Å². The molecule has 0 fully saturated rings. The van der Waals surface area contributed by atoms with Crippen LogP contribution in [0.2, 0.25) is 0 Å². The molecule has 0 bridgehead atoms. The first-order valence-corrected chi connectivity index (χ1v) is 8.60. The fourth-order valence-electron chi connectivity index (χ4n) is 2.74. The van der Waals surface area contributed by atoms with Gasteiger partial charge in [-0.05, 0) is 44.5 Å². The van der Waals surface area contributed by atoms with Crippen LogP contribution in [-0.4, -0.2) is 28.7 Å². The number of nitrogens with one attached hydrogen (secondary N) is 1. The first-order valence-electron chi connectivity index (χ1n) is 8.60. The summed E-state index contributed by atoms with van der Waals surface area (Å²) in [6.45, 7) is 6.12. The lowest BCUT2D eigenvalue weighted by Crippen LogP contribution is -2.16. The highest BCUT2D eigenvalue weighted by atomic mass is 16.5. The number of imidazole rings is 1. The molecule has 1 N–H and O–H groups in total. The van der Waals surface area contributed by atoms with E-state index in [0.717, 1.165) is 29.6 Å². The van der Waals surface area contributed by atoms with Crippen LogP contribution in [0.3, 0.4) is 0 Å². The van der Waals surface area contributed by atoms with Crippen LogP contribution >= 0.6 is 0 Å². The number of anilines is 1. The highest BCUT2D eigenvalue weighted by molar-refractivity contribution is 6.04. The van der Waals surface area contributed by atoms with Crippen molar-refractivity contribution in [3.8, 4) is 0 Å². The van der Waals surface area contributed by atoms with Gasteiger partial charge in [0.1, 0.15) is 0 Å². The maximum atomic E-state index is 12.5. The predicted molar refractivity (Wildman–Crippen MR) is 100.0 cm³/mol. The van der Waals surface area contributed by atoms with E-state index in [1.54, 1.807) is 0 Å². The topological polar surface area (TPSA) is 56.1 Å². The van der Waals surface area contributed by atoms with Gasteiger partial charge >= 0.3 is 0 Å². The molecule has 3 rings (SSSR count). The molecule has 0 radical (unpaired) electrons. The molecule has 3 aromatic rings. The van der Waals surface area contributed by atoms with Gasteiger partial charge in [-0.25, -0.2) is 4.98 Å². The molecule has 0 spiro atoms. The molecule has 5 heteroatoms. The second kappa shape index (κ2) is 7.94. The molecule has 0 saturated heterocycles. The largest absolute Gasteiger partial charge is 0.382 e. The molecule has 25 heavy (non-hydrogen) atoms. The Hall–Kier alpha value is -2.66. The van der Waals surface area contributed by atoms with E-state index in [-0.39, 0.29) is 5.91 Å². The maximum Gasteiger partial charge on any atom is 0.257 e. The quantitative estimate of drug-likeness (QED) is 0.662. The summed E-state index contributed by atoms with van der Waals surface area (Å²) in [5.41, 5.74) is 3.63. The van der Waals surface area contributed by atoms with Gasteiger partial charge in [0.25, 0.3) is 5.91 Å². The normalized spacial score (nSPS) is 11.0. The van der Waals surface area contributed by atoms with Crippen molar-refractivity contribution in [2.45, 2.75) is 26.8 Å². The van der Waals surface area contributed by atoms with E-state index in [1.807, 2.05) is 66.9 Å². The third-order valence-corrected chi connectivity index (χ3v) is 4.07. The highest BCUT2D eigenvalue weighted by Gasteiger charge is 2.14. The summed E-state index contributed by atoms with van der Waals surface area (Å²) in [4.78, 5) is 17.1. The molecule has 1 aromatic heterocycles. The first-order chi connectivity index (χ1) is 12.2. The predicted octanol–water partition coefficient (Wildman–Crippen LogP) is 4.02. The number of aryl methyl sites for hydroxylation is 2. The van der Waals surface area contributed by atoms with Crippen molar-refractivity contribution in [1.82, 2.24) is 9.55 Å². The highest BCUT2D eigenvalue weighted by Crippen LogP contribution is 2.20. The lowest BCUT2D eigenvalue weighted by molar-refractivity contribution is 0.102. The number of hydrogen-bond donors (Lipinski definition) is 1. The lowest BCUT2D eigenvalue weighted by Gasteiger charge is -2.10. The Labute approximate surface area is 147 Å². The molecular weight excluding hydrogens is 314 g/mol. The Bertz CT molecular complexity index is 853. The second-order valence-electron chi connectivity index (χ2n) is 5.95. The number of carbonyl (C=O) groups excluding carboxylic acids is 1. The van der Waals surface area contributed by atoms with E-state index in [1.165, 1.54) is 0 Å². The summed E-state index contributed by atoms with van der Waals surface area (Å²) in [7, 11) is 0. The molecule has 0 atom stereocenters.